The van der Waals surface area contributed by atoms with Crippen molar-refractivity contribution in [2.45, 2.75) is 257 Å². The van der Waals surface area contributed by atoms with Crippen molar-refractivity contribution < 1.29 is 42.9 Å². The minimum atomic E-state index is -1.50. The standard InChI is InChI=1S/C50H97NO8/c1-6-8-10-12-14-16-18-20-22-23-24-25-27-29-31-33-35-37-39-41-48(53)59-46(45-58-50(49(54)55)56-43-42-51(3,4)5)44-57-47(52)40-38-36-34-32-30-28-26-21-19-17-15-13-11-9-7-2/h46,50H,6-45H2,1-5H3/p+1. The minimum Gasteiger partial charge on any atom is -0.477 e. The van der Waals surface area contributed by atoms with Crippen molar-refractivity contribution in [2.24, 2.45) is 0 Å². The topological polar surface area (TPSA) is 108 Å². The van der Waals surface area contributed by atoms with Crippen LogP contribution in [0.5, 0.6) is 0 Å². The molecule has 9 nitrogen and oxygen atoms in total. The van der Waals surface area contributed by atoms with Crippen LogP contribution in [0.15, 0.2) is 0 Å². The summed E-state index contributed by atoms with van der Waals surface area (Å²) < 4.78 is 22.8. The highest BCUT2D eigenvalue weighted by Crippen LogP contribution is 2.17. The maximum atomic E-state index is 12.8. The monoisotopic (exact) mass is 841 g/mol. The molecule has 0 aromatic rings. The van der Waals surface area contributed by atoms with Crippen molar-refractivity contribution in [3.8, 4) is 0 Å². The summed E-state index contributed by atoms with van der Waals surface area (Å²) in [5.41, 5.74) is 0. The molecular formula is C50H98NO8+. The van der Waals surface area contributed by atoms with Crippen molar-refractivity contribution >= 4 is 17.9 Å². The fraction of sp³-hybridized carbons (Fsp3) is 0.940. The average Bonchev–Trinajstić information content (AvgIpc) is 3.19. The fourth-order valence-corrected chi connectivity index (χ4v) is 7.43. The first kappa shape index (κ1) is 57.3. The summed E-state index contributed by atoms with van der Waals surface area (Å²) in [5.74, 6) is -1.98. The fourth-order valence-electron chi connectivity index (χ4n) is 7.43. The van der Waals surface area contributed by atoms with Gasteiger partial charge in [-0.15, -0.1) is 0 Å². The Labute approximate surface area is 364 Å². The van der Waals surface area contributed by atoms with Crippen LogP contribution in [0.25, 0.3) is 0 Å². The highest BCUT2D eigenvalue weighted by Gasteiger charge is 2.25. The van der Waals surface area contributed by atoms with Crippen LogP contribution in [0, 0.1) is 0 Å². The number of aliphatic carboxylic acids is 1. The van der Waals surface area contributed by atoms with E-state index < -0.39 is 18.4 Å². The van der Waals surface area contributed by atoms with E-state index in [1.54, 1.807) is 0 Å². The molecule has 0 amide bonds. The molecule has 350 valence electrons. The van der Waals surface area contributed by atoms with E-state index in [1.807, 2.05) is 21.1 Å². The highest BCUT2D eigenvalue weighted by atomic mass is 16.7. The molecule has 0 aromatic heterocycles. The number of hydrogen-bond donors (Lipinski definition) is 1. The van der Waals surface area contributed by atoms with Crippen LogP contribution in [0.3, 0.4) is 0 Å². The quantitative estimate of drug-likeness (QED) is 0.0279. The Hall–Kier alpha value is -1.71. The summed E-state index contributed by atoms with van der Waals surface area (Å²) in [6.07, 6.45) is 41.6. The van der Waals surface area contributed by atoms with Crippen molar-refractivity contribution in [1.29, 1.82) is 0 Å². The molecule has 0 aliphatic heterocycles. The Morgan fingerprint density at radius 3 is 1.08 bits per heavy atom. The van der Waals surface area contributed by atoms with Gasteiger partial charge in [-0.05, 0) is 12.8 Å². The molecule has 9 heteroatoms. The number of quaternary nitrogens is 1. The molecule has 0 spiro atoms. The maximum absolute atomic E-state index is 12.8. The molecule has 59 heavy (non-hydrogen) atoms. The SMILES string of the molecule is CCCCCCCCCCCCCCCCCCCCCC(=O)OC(COC(=O)CCCCCCCCCCCCCCCCC)COC(OCC[N+](C)(C)C)C(=O)O. The van der Waals surface area contributed by atoms with Crippen LogP contribution in [-0.2, 0) is 33.3 Å². The summed E-state index contributed by atoms with van der Waals surface area (Å²) in [6.45, 7) is 4.92. The molecular weight excluding hydrogens is 743 g/mol. The van der Waals surface area contributed by atoms with E-state index in [0.717, 1.165) is 38.5 Å². The number of rotatable bonds is 47. The lowest BCUT2D eigenvalue weighted by Gasteiger charge is -2.25. The summed E-state index contributed by atoms with van der Waals surface area (Å²) >= 11 is 0. The second-order valence-electron chi connectivity index (χ2n) is 18.5. The lowest BCUT2D eigenvalue weighted by atomic mass is 10.0. The van der Waals surface area contributed by atoms with E-state index >= 15 is 0 Å². The van der Waals surface area contributed by atoms with Gasteiger partial charge < -0.3 is 28.5 Å². The predicted molar refractivity (Wildman–Crippen MR) is 245 cm³/mol. The third-order valence-corrected chi connectivity index (χ3v) is 11.4. The first-order valence-electron chi connectivity index (χ1n) is 25.2. The Kier molecular flexibility index (Phi) is 41.7. The Morgan fingerprint density at radius 2 is 0.763 bits per heavy atom. The van der Waals surface area contributed by atoms with E-state index in [4.69, 9.17) is 18.9 Å². The number of carbonyl (C=O) groups is 3. The van der Waals surface area contributed by atoms with Crippen LogP contribution in [0.2, 0.25) is 0 Å². The van der Waals surface area contributed by atoms with Crippen molar-refractivity contribution in [3.05, 3.63) is 0 Å². The molecule has 0 saturated carbocycles. The molecule has 2 atom stereocenters. The van der Waals surface area contributed by atoms with Gasteiger partial charge in [-0.1, -0.05) is 219 Å². The summed E-state index contributed by atoms with van der Waals surface area (Å²) in [5, 5.41) is 9.66. The third-order valence-electron chi connectivity index (χ3n) is 11.4. The van der Waals surface area contributed by atoms with E-state index in [9.17, 15) is 19.5 Å². The van der Waals surface area contributed by atoms with E-state index in [0.29, 0.717) is 17.4 Å². The lowest BCUT2D eigenvalue weighted by Crippen LogP contribution is -2.40. The van der Waals surface area contributed by atoms with Gasteiger partial charge in [0.25, 0.3) is 6.29 Å². The third kappa shape index (κ3) is 44.2. The van der Waals surface area contributed by atoms with Gasteiger partial charge in [0.05, 0.1) is 34.4 Å². The van der Waals surface area contributed by atoms with Gasteiger partial charge in [0, 0.05) is 12.8 Å². The first-order chi connectivity index (χ1) is 28.6. The van der Waals surface area contributed by atoms with Gasteiger partial charge in [0.15, 0.2) is 6.10 Å². The Morgan fingerprint density at radius 1 is 0.441 bits per heavy atom. The van der Waals surface area contributed by atoms with E-state index in [1.165, 1.54) is 180 Å². The largest absolute Gasteiger partial charge is 0.477 e. The zero-order chi connectivity index (χ0) is 43.5. The lowest BCUT2D eigenvalue weighted by molar-refractivity contribution is -0.870. The number of hydrogen-bond acceptors (Lipinski definition) is 7. The van der Waals surface area contributed by atoms with Crippen LogP contribution in [0.1, 0.15) is 245 Å². The Bertz CT molecular complexity index is 938. The van der Waals surface area contributed by atoms with Crippen molar-refractivity contribution in [3.63, 3.8) is 0 Å². The van der Waals surface area contributed by atoms with E-state index in [2.05, 4.69) is 13.8 Å². The predicted octanol–water partition coefficient (Wildman–Crippen LogP) is 13.7. The van der Waals surface area contributed by atoms with Gasteiger partial charge in [0.1, 0.15) is 13.2 Å². The number of unbranched alkanes of at least 4 members (excludes halogenated alkanes) is 32. The number of nitrogens with zero attached hydrogens (tertiary/aromatic N) is 1. The first-order valence-corrected chi connectivity index (χ1v) is 25.2. The van der Waals surface area contributed by atoms with Crippen LogP contribution in [-0.4, -0.2) is 87.4 Å². The average molecular weight is 841 g/mol. The van der Waals surface area contributed by atoms with Crippen LogP contribution in [0.4, 0.5) is 0 Å². The number of carbonyl (C=O) groups excluding carboxylic acids is 2. The smallest absolute Gasteiger partial charge is 0.361 e. The molecule has 0 aromatic carbocycles. The van der Waals surface area contributed by atoms with Gasteiger partial charge in [-0.3, -0.25) is 9.59 Å². The van der Waals surface area contributed by atoms with Crippen molar-refractivity contribution in [1.82, 2.24) is 0 Å². The second-order valence-corrected chi connectivity index (χ2v) is 18.5. The number of carboxylic acids is 1. The van der Waals surface area contributed by atoms with Crippen molar-refractivity contribution in [2.75, 3.05) is 47.5 Å². The molecule has 0 fully saturated rings. The minimum absolute atomic E-state index is 0.173. The summed E-state index contributed by atoms with van der Waals surface area (Å²) in [6, 6.07) is 0. The van der Waals surface area contributed by atoms with Crippen LogP contribution < -0.4 is 0 Å². The molecule has 2 unspecified atom stereocenters. The molecule has 0 radical (unpaired) electrons. The molecule has 0 aliphatic rings. The molecule has 0 heterocycles. The zero-order valence-electron chi connectivity index (χ0n) is 39.7. The molecule has 0 rings (SSSR count). The number of likely N-dealkylation sites (N-methyl/N-ethyl adjacent to an activating group) is 1. The van der Waals surface area contributed by atoms with Gasteiger partial charge in [-0.25, -0.2) is 4.79 Å². The van der Waals surface area contributed by atoms with Gasteiger partial charge in [-0.2, -0.15) is 0 Å². The Balaban J connectivity index is 4.30. The number of esters is 2. The number of ether oxygens (including phenoxy) is 4. The highest BCUT2D eigenvalue weighted by molar-refractivity contribution is 5.71. The normalized spacial score (nSPS) is 12.8. The maximum Gasteiger partial charge on any atom is 0.361 e. The molecule has 1 N–H and O–H groups in total. The second kappa shape index (κ2) is 43.0. The van der Waals surface area contributed by atoms with Gasteiger partial charge >= 0.3 is 17.9 Å². The molecule has 0 bridgehead atoms. The summed E-state index contributed by atoms with van der Waals surface area (Å²) in [7, 11) is 5.97. The molecule has 0 saturated heterocycles. The van der Waals surface area contributed by atoms with Crippen LogP contribution >= 0.6 is 0 Å². The van der Waals surface area contributed by atoms with E-state index in [-0.39, 0.29) is 38.2 Å². The molecule has 0 aliphatic carbocycles. The zero-order valence-corrected chi connectivity index (χ0v) is 39.7. The summed E-state index contributed by atoms with van der Waals surface area (Å²) in [4.78, 5) is 37.2. The number of carboxylic acid groups (broad SMARTS) is 1. The van der Waals surface area contributed by atoms with Gasteiger partial charge in [0.2, 0.25) is 0 Å².